The third kappa shape index (κ3) is 5.75. The minimum Gasteiger partial charge on any atom is -0.497 e. The molecule has 2 rings (SSSR count). The molecule has 0 fully saturated rings. The van der Waals surface area contributed by atoms with Crippen LogP contribution in [0.3, 0.4) is 0 Å². The van der Waals surface area contributed by atoms with Crippen molar-refractivity contribution in [2.24, 2.45) is 0 Å². The molecule has 0 aliphatic rings. The molecule has 0 saturated carbocycles. The number of amides is 2. The highest BCUT2D eigenvalue weighted by molar-refractivity contribution is 5.94. The number of anilines is 1. The Kier molecular flexibility index (Phi) is 7.20. The van der Waals surface area contributed by atoms with Crippen LogP contribution >= 0.6 is 0 Å². The summed E-state index contributed by atoms with van der Waals surface area (Å²) < 4.78 is 10.6. The minimum atomic E-state index is -0.342. The Labute approximate surface area is 158 Å². The van der Waals surface area contributed by atoms with Gasteiger partial charge in [0.1, 0.15) is 17.6 Å². The standard InChI is InChI=1S/C20H21N3O4/c1-3-23(13-19(24)22-16-8-6-9-17(11-16)26-2)20(25)14-27-18-10-5-4-7-15(18)12-21/h4-11H,3,13-14H2,1-2H3,(H,22,24). The lowest BCUT2D eigenvalue weighted by atomic mass is 10.2. The van der Waals surface area contributed by atoms with E-state index in [0.29, 0.717) is 29.3 Å². The highest BCUT2D eigenvalue weighted by Crippen LogP contribution is 2.17. The summed E-state index contributed by atoms with van der Waals surface area (Å²) in [5.41, 5.74) is 0.936. The SMILES string of the molecule is CCN(CC(=O)Nc1cccc(OC)c1)C(=O)COc1ccccc1C#N. The number of nitriles is 1. The fourth-order valence-electron chi connectivity index (χ4n) is 2.37. The Bertz CT molecular complexity index is 845. The molecule has 0 saturated heterocycles. The van der Waals surface area contributed by atoms with Crippen LogP contribution in [0.5, 0.6) is 11.5 Å². The second-order valence-electron chi connectivity index (χ2n) is 5.58. The van der Waals surface area contributed by atoms with E-state index in [0.717, 1.165) is 0 Å². The van der Waals surface area contributed by atoms with Crippen LogP contribution in [0.2, 0.25) is 0 Å². The molecular weight excluding hydrogens is 346 g/mol. The topological polar surface area (TPSA) is 91.7 Å². The number of hydrogen-bond donors (Lipinski definition) is 1. The summed E-state index contributed by atoms with van der Waals surface area (Å²) in [4.78, 5) is 26.0. The van der Waals surface area contributed by atoms with E-state index >= 15 is 0 Å². The average molecular weight is 367 g/mol. The van der Waals surface area contributed by atoms with E-state index in [1.165, 1.54) is 4.90 Å². The van der Waals surface area contributed by atoms with E-state index in [9.17, 15) is 9.59 Å². The van der Waals surface area contributed by atoms with Crippen LogP contribution in [0.1, 0.15) is 12.5 Å². The van der Waals surface area contributed by atoms with Crippen molar-refractivity contribution in [2.75, 3.05) is 32.1 Å². The van der Waals surface area contributed by atoms with Crippen LogP contribution in [-0.4, -0.2) is 43.5 Å². The second-order valence-corrected chi connectivity index (χ2v) is 5.58. The van der Waals surface area contributed by atoms with Gasteiger partial charge in [-0.1, -0.05) is 18.2 Å². The molecule has 0 aromatic heterocycles. The van der Waals surface area contributed by atoms with Gasteiger partial charge in [-0.25, -0.2) is 0 Å². The summed E-state index contributed by atoms with van der Waals surface area (Å²) >= 11 is 0. The molecule has 7 heteroatoms. The number of rotatable bonds is 8. The molecule has 1 N–H and O–H groups in total. The number of nitrogens with zero attached hydrogens (tertiary/aromatic N) is 2. The Balaban J connectivity index is 1.92. The molecule has 0 aliphatic carbocycles. The zero-order valence-electron chi connectivity index (χ0n) is 15.3. The van der Waals surface area contributed by atoms with E-state index < -0.39 is 0 Å². The van der Waals surface area contributed by atoms with Gasteiger partial charge in [-0.05, 0) is 31.2 Å². The molecule has 0 aliphatic heterocycles. The first-order valence-electron chi connectivity index (χ1n) is 8.41. The summed E-state index contributed by atoms with van der Waals surface area (Å²) in [6, 6.07) is 15.6. The maximum atomic E-state index is 12.4. The molecule has 0 unspecified atom stereocenters. The van der Waals surface area contributed by atoms with Gasteiger partial charge in [0.05, 0.1) is 19.2 Å². The summed E-state index contributed by atoms with van der Waals surface area (Å²) in [5, 5.41) is 11.8. The summed E-state index contributed by atoms with van der Waals surface area (Å²) in [6.45, 7) is 1.78. The van der Waals surface area contributed by atoms with Gasteiger partial charge in [0.2, 0.25) is 5.91 Å². The lowest BCUT2D eigenvalue weighted by Gasteiger charge is -2.20. The quantitative estimate of drug-likeness (QED) is 0.774. The smallest absolute Gasteiger partial charge is 0.260 e. The van der Waals surface area contributed by atoms with Gasteiger partial charge in [0, 0.05) is 18.3 Å². The molecule has 140 valence electrons. The maximum absolute atomic E-state index is 12.4. The second kappa shape index (κ2) is 9.82. The fourth-order valence-corrected chi connectivity index (χ4v) is 2.37. The summed E-state index contributed by atoms with van der Waals surface area (Å²) in [5.74, 6) is 0.299. The predicted octanol–water partition coefficient (Wildman–Crippen LogP) is 2.43. The van der Waals surface area contributed by atoms with Crippen molar-refractivity contribution in [2.45, 2.75) is 6.92 Å². The molecule has 0 spiro atoms. The van der Waals surface area contributed by atoms with Crippen molar-refractivity contribution in [3.63, 3.8) is 0 Å². The number of para-hydroxylation sites is 1. The molecule has 0 heterocycles. The lowest BCUT2D eigenvalue weighted by Crippen LogP contribution is -2.40. The molecule has 2 aromatic rings. The van der Waals surface area contributed by atoms with Gasteiger partial charge >= 0.3 is 0 Å². The van der Waals surface area contributed by atoms with Gasteiger partial charge in [0.15, 0.2) is 6.61 Å². The Morgan fingerprint density at radius 2 is 1.96 bits per heavy atom. The first-order chi connectivity index (χ1) is 13.1. The van der Waals surface area contributed by atoms with E-state index in [4.69, 9.17) is 14.7 Å². The Morgan fingerprint density at radius 1 is 1.19 bits per heavy atom. The third-order valence-corrected chi connectivity index (χ3v) is 3.78. The van der Waals surface area contributed by atoms with Crippen molar-refractivity contribution < 1.29 is 19.1 Å². The number of ether oxygens (including phenoxy) is 2. The number of likely N-dealkylation sites (N-methyl/N-ethyl adjacent to an activating group) is 1. The normalized spacial score (nSPS) is 9.81. The molecule has 0 bridgehead atoms. The van der Waals surface area contributed by atoms with E-state index in [2.05, 4.69) is 5.32 Å². The average Bonchev–Trinajstić information content (AvgIpc) is 2.70. The molecule has 0 radical (unpaired) electrons. The Morgan fingerprint density at radius 3 is 2.67 bits per heavy atom. The van der Waals surface area contributed by atoms with Crippen LogP contribution in [0, 0.1) is 11.3 Å². The summed E-state index contributed by atoms with van der Waals surface area (Å²) in [7, 11) is 1.54. The number of carbonyl (C=O) groups excluding carboxylic acids is 2. The van der Waals surface area contributed by atoms with E-state index in [-0.39, 0.29) is 25.0 Å². The zero-order chi connectivity index (χ0) is 19.6. The largest absolute Gasteiger partial charge is 0.497 e. The molecule has 0 atom stereocenters. The van der Waals surface area contributed by atoms with Gasteiger partial charge < -0.3 is 19.7 Å². The maximum Gasteiger partial charge on any atom is 0.260 e. The molecule has 27 heavy (non-hydrogen) atoms. The molecule has 2 aromatic carbocycles. The molecule has 2 amide bonds. The van der Waals surface area contributed by atoms with Gasteiger partial charge in [-0.3, -0.25) is 9.59 Å². The fraction of sp³-hybridized carbons (Fsp3) is 0.250. The number of benzene rings is 2. The Hall–Kier alpha value is -3.53. The van der Waals surface area contributed by atoms with Crippen LogP contribution in [0.15, 0.2) is 48.5 Å². The highest BCUT2D eigenvalue weighted by Gasteiger charge is 2.17. The van der Waals surface area contributed by atoms with Crippen molar-refractivity contribution in [3.8, 4) is 17.6 Å². The monoisotopic (exact) mass is 367 g/mol. The first-order valence-corrected chi connectivity index (χ1v) is 8.41. The number of carbonyl (C=O) groups is 2. The van der Waals surface area contributed by atoms with Crippen LogP contribution in [0.25, 0.3) is 0 Å². The van der Waals surface area contributed by atoms with Crippen LogP contribution in [0.4, 0.5) is 5.69 Å². The van der Waals surface area contributed by atoms with Crippen LogP contribution < -0.4 is 14.8 Å². The highest BCUT2D eigenvalue weighted by atomic mass is 16.5. The van der Waals surface area contributed by atoms with Gasteiger partial charge in [-0.2, -0.15) is 5.26 Å². The number of nitrogens with one attached hydrogen (secondary N) is 1. The van der Waals surface area contributed by atoms with Crippen LogP contribution in [-0.2, 0) is 9.59 Å². The van der Waals surface area contributed by atoms with E-state index in [1.807, 2.05) is 6.07 Å². The van der Waals surface area contributed by atoms with Gasteiger partial charge in [0.25, 0.3) is 5.91 Å². The predicted molar refractivity (Wildman–Crippen MR) is 101 cm³/mol. The lowest BCUT2D eigenvalue weighted by molar-refractivity contribution is -0.136. The number of methoxy groups -OCH3 is 1. The first kappa shape index (κ1) is 19.8. The van der Waals surface area contributed by atoms with Crippen molar-refractivity contribution in [3.05, 3.63) is 54.1 Å². The zero-order valence-corrected chi connectivity index (χ0v) is 15.3. The van der Waals surface area contributed by atoms with E-state index in [1.54, 1.807) is 62.6 Å². The number of hydrogen-bond acceptors (Lipinski definition) is 5. The minimum absolute atomic E-state index is 0.101. The molecular formula is C20H21N3O4. The third-order valence-electron chi connectivity index (χ3n) is 3.78. The van der Waals surface area contributed by atoms with Crippen molar-refractivity contribution >= 4 is 17.5 Å². The van der Waals surface area contributed by atoms with Gasteiger partial charge in [-0.15, -0.1) is 0 Å². The molecule has 7 nitrogen and oxygen atoms in total. The van der Waals surface area contributed by atoms with Crippen molar-refractivity contribution in [1.29, 1.82) is 5.26 Å². The van der Waals surface area contributed by atoms with Crippen molar-refractivity contribution in [1.82, 2.24) is 4.90 Å². The summed E-state index contributed by atoms with van der Waals surface area (Å²) in [6.07, 6.45) is 0.